The highest BCUT2D eigenvalue weighted by molar-refractivity contribution is 7.89. The Morgan fingerprint density at radius 1 is 1.20 bits per heavy atom. The van der Waals surface area contributed by atoms with E-state index in [1.165, 1.54) is 36.2 Å². The van der Waals surface area contributed by atoms with Crippen molar-refractivity contribution in [3.05, 3.63) is 6.20 Å². The van der Waals surface area contributed by atoms with E-state index in [0.29, 0.717) is 19.1 Å². The summed E-state index contributed by atoms with van der Waals surface area (Å²) in [5, 5.41) is 6.17. The smallest absolute Gasteiger partial charge is 0.248 e. The van der Waals surface area contributed by atoms with Gasteiger partial charge in [0.15, 0.2) is 0 Å². The summed E-state index contributed by atoms with van der Waals surface area (Å²) in [4.78, 5) is 2.52. The highest BCUT2D eigenvalue weighted by atomic mass is 32.2. The van der Waals surface area contributed by atoms with Crippen LogP contribution in [0.2, 0.25) is 0 Å². The summed E-state index contributed by atoms with van der Waals surface area (Å²) < 4.78 is 26.4. The number of rotatable bonds is 3. The summed E-state index contributed by atoms with van der Waals surface area (Å²) in [6.07, 6.45) is 6.39. The summed E-state index contributed by atoms with van der Waals surface area (Å²) in [5.74, 6) is 0.114. The van der Waals surface area contributed by atoms with Crippen molar-refractivity contribution in [3.63, 3.8) is 0 Å². The number of piperazine rings is 1. The molecule has 1 saturated heterocycles. The molecule has 0 spiro atoms. The largest absolute Gasteiger partial charge is 0.383 e. The fourth-order valence-corrected chi connectivity index (χ4v) is 4.64. The molecular formula is C12H21N5O2S. The molecule has 0 aromatic carbocycles. The van der Waals surface area contributed by atoms with Gasteiger partial charge < -0.3 is 5.73 Å². The molecule has 2 fully saturated rings. The number of sulfonamides is 1. The van der Waals surface area contributed by atoms with Crippen molar-refractivity contribution in [1.82, 2.24) is 19.4 Å². The number of anilines is 1. The predicted octanol–water partition coefficient (Wildman–Crippen LogP) is 0.241. The minimum absolute atomic E-state index is 0.0896. The fourth-order valence-electron chi connectivity index (χ4n) is 3.21. The first-order chi connectivity index (χ1) is 9.59. The molecule has 3 rings (SSSR count). The van der Waals surface area contributed by atoms with Gasteiger partial charge in [0.1, 0.15) is 10.7 Å². The number of H-pyrrole nitrogens is 1. The van der Waals surface area contributed by atoms with Crippen LogP contribution in [-0.2, 0) is 10.0 Å². The quantitative estimate of drug-likeness (QED) is 0.833. The Morgan fingerprint density at radius 2 is 1.85 bits per heavy atom. The van der Waals surface area contributed by atoms with Crippen LogP contribution in [0.4, 0.5) is 5.82 Å². The molecule has 1 aliphatic heterocycles. The van der Waals surface area contributed by atoms with E-state index >= 15 is 0 Å². The molecule has 1 aromatic rings. The highest BCUT2D eigenvalue weighted by Gasteiger charge is 2.33. The molecule has 2 heterocycles. The standard InChI is InChI=1S/C12H21N5O2S/c13-12-11(9-14-15-12)20(18,19)17-7-5-16(6-8-17)10-3-1-2-4-10/h9-10H,1-8H2,(H3,13,14,15). The molecule has 7 nitrogen and oxygen atoms in total. The molecule has 112 valence electrons. The lowest BCUT2D eigenvalue weighted by Gasteiger charge is -2.37. The molecule has 0 unspecified atom stereocenters. The number of nitrogens with zero attached hydrogens (tertiary/aromatic N) is 3. The SMILES string of the molecule is Nc1[nH]ncc1S(=O)(=O)N1CCN(C2CCCC2)CC1. The molecule has 0 bridgehead atoms. The first-order valence-corrected chi connectivity index (χ1v) is 8.56. The Morgan fingerprint density at radius 3 is 2.40 bits per heavy atom. The van der Waals surface area contributed by atoms with Crippen LogP contribution in [0.1, 0.15) is 25.7 Å². The number of hydrogen-bond acceptors (Lipinski definition) is 5. The zero-order valence-electron chi connectivity index (χ0n) is 11.5. The summed E-state index contributed by atoms with van der Waals surface area (Å²) in [6, 6.07) is 0.652. The fraction of sp³-hybridized carbons (Fsp3) is 0.750. The molecule has 20 heavy (non-hydrogen) atoms. The number of hydrogen-bond donors (Lipinski definition) is 2. The lowest BCUT2D eigenvalue weighted by Crippen LogP contribution is -2.51. The monoisotopic (exact) mass is 299 g/mol. The third-order valence-electron chi connectivity index (χ3n) is 4.36. The average molecular weight is 299 g/mol. The van der Waals surface area contributed by atoms with E-state index in [0.717, 1.165) is 13.1 Å². The lowest BCUT2D eigenvalue weighted by molar-refractivity contribution is 0.139. The molecule has 3 N–H and O–H groups in total. The maximum absolute atomic E-state index is 12.5. The van der Waals surface area contributed by atoms with Gasteiger partial charge in [0.05, 0.1) is 6.20 Å². The molecular weight excluding hydrogens is 278 g/mol. The molecule has 1 aliphatic carbocycles. The van der Waals surface area contributed by atoms with Crippen LogP contribution < -0.4 is 5.73 Å². The Hall–Kier alpha value is -1.12. The molecule has 0 atom stereocenters. The van der Waals surface area contributed by atoms with Gasteiger partial charge in [0.25, 0.3) is 0 Å². The van der Waals surface area contributed by atoms with Gasteiger partial charge in [-0.25, -0.2) is 8.42 Å². The maximum atomic E-state index is 12.5. The first kappa shape index (κ1) is 13.8. The topological polar surface area (TPSA) is 95.3 Å². The molecule has 1 aromatic heterocycles. The van der Waals surface area contributed by atoms with E-state index in [1.54, 1.807) is 0 Å². The third kappa shape index (κ3) is 2.43. The number of aromatic nitrogens is 2. The Kier molecular flexibility index (Phi) is 3.70. The van der Waals surface area contributed by atoms with E-state index < -0.39 is 10.0 Å². The predicted molar refractivity (Wildman–Crippen MR) is 75.6 cm³/mol. The number of nitrogens with one attached hydrogen (secondary N) is 1. The van der Waals surface area contributed by atoms with Crippen molar-refractivity contribution in [1.29, 1.82) is 0 Å². The van der Waals surface area contributed by atoms with Crippen molar-refractivity contribution < 1.29 is 8.42 Å². The van der Waals surface area contributed by atoms with Gasteiger partial charge >= 0.3 is 0 Å². The third-order valence-corrected chi connectivity index (χ3v) is 6.29. The van der Waals surface area contributed by atoms with Gasteiger partial charge in [0.2, 0.25) is 10.0 Å². The van der Waals surface area contributed by atoms with Gasteiger partial charge in [-0.05, 0) is 12.8 Å². The van der Waals surface area contributed by atoms with Crippen LogP contribution in [0.3, 0.4) is 0 Å². The van der Waals surface area contributed by atoms with E-state index in [9.17, 15) is 8.42 Å². The Bertz CT molecular complexity index is 556. The second kappa shape index (κ2) is 5.34. The second-order valence-electron chi connectivity index (χ2n) is 5.53. The van der Waals surface area contributed by atoms with E-state index in [2.05, 4.69) is 15.1 Å². The normalized spacial score (nSPS) is 23.4. The van der Waals surface area contributed by atoms with Crippen LogP contribution in [0.25, 0.3) is 0 Å². The van der Waals surface area contributed by atoms with E-state index in [4.69, 9.17) is 5.73 Å². The zero-order valence-corrected chi connectivity index (χ0v) is 12.3. The summed E-state index contributed by atoms with van der Waals surface area (Å²) >= 11 is 0. The minimum atomic E-state index is -3.51. The Balaban J connectivity index is 1.67. The average Bonchev–Trinajstić information content (AvgIpc) is 3.10. The zero-order chi connectivity index (χ0) is 14.2. The Labute approximate surface area is 119 Å². The number of nitrogens with two attached hydrogens (primary N) is 1. The lowest BCUT2D eigenvalue weighted by atomic mass is 10.2. The molecule has 8 heteroatoms. The van der Waals surface area contributed by atoms with Crippen molar-refractivity contribution >= 4 is 15.8 Å². The van der Waals surface area contributed by atoms with Crippen LogP contribution in [0, 0.1) is 0 Å². The first-order valence-electron chi connectivity index (χ1n) is 7.12. The van der Waals surface area contributed by atoms with Crippen molar-refractivity contribution in [2.24, 2.45) is 0 Å². The second-order valence-corrected chi connectivity index (χ2v) is 7.43. The van der Waals surface area contributed by atoms with Crippen molar-refractivity contribution in [2.45, 2.75) is 36.6 Å². The summed E-state index contributed by atoms with van der Waals surface area (Å²) in [5.41, 5.74) is 5.63. The molecule has 0 amide bonds. The number of aromatic amines is 1. The van der Waals surface area contributed by atoms with Crippen molar-refractivity contribution in [3.8, 4) is 0 Å². The summed E-state index contributed by atoms with van der Waals surface area (Å²) in [6.45, 7) is 2.68. The van der Waals surface area contributed by atoms with Gasteiger partial charge in [-0.1, -0.05) is 12.8 Å². The van der Waals surface area contributed by atoms with Crippen LogP contribution in [-0.4, -0.2) is 60.0 Å². The molecule has 1 saturated carbocycles. The van der Waals surface area contributed by atoms with E-state index in [1.807, 2.05) is 0 Å². The van der Waals surface area contributed by atoms with Gasteiger partial charge in [-0.3, -0.25) is 10.00 Å². The molecule has 2 aliphatic rings. The van der Waals surface area contributed by atoms with Gasteiger partial charge in [-0.2, -0.15) is 9.40 Å². The van der Waals surface area contributed by atoms with Crippen LogP contribution >= 0.6 is 0 Å². The van der Waals surface area contributed by atoms with Crippen molar-refractivity contribution in [2.75, 3.05) is 31.9 Å². The number of nitrogen functional groups attached to an aromatic ring is 1. The van der Waals surface area contributed by atoms with Gasteiger partial charge in [0, 0.05) is 32.2 Å². The van der Waals surface area contributed by atoms with Crippen LogP contribution in [0.15, 0.2) is 11.1 Å². The summed E-state index contributed by atoms with van der Waals surface area (Å²) in [7, 11) is -3.51. The van der Waals surface area contributed by atoms with Gasteiger partial charge in [-0.15, -0.1) is 0 Å². The highest BCUT2D eigenvalue weighted by Crippen LogP contribution is 2.26. The molecule has 0 radical (unpaired) electrons. The van der Waals surface area contributed by atoms with Crippen LogP contribution in [0.5, 0.6) is 0 Å². The maximum Gasteiger partial charge on any atom is 0.248 e. The minimum Gasteiger partial charge on any atom is -0.383 e. The van der Waals surface area contributed by atoms with E-state index in [-0.39, 0.29) is 10.7 Å².